The molecule has 5 rings (SSSR count). The summed E-state index contributed by atoms with van der Waals surface area (Å²) >= 11 is 2.77. The lowest BCUT2D eigenvalue weighted by atomic mass is 9.96. The van der Waals surface area contributed by atoms with Crippen molar-refractivity contribution in [3.05, 3.63) is 94.2 Å². The van der Waals surface area contributed by atoms with Gasteiger partial charge in [0, 0.05) is 26.2 Å². The molecule has 31 heavy (non-hydrogen) atoms. The van der Waals surface area contributed by atoms with E-state index in [1.807, 2.05) is 22.4 Å². The third-order valence-corrected chi connectivity index (χ3v) is 7.22. The number of piperazine rings is 1. The molecule has 0 radical (unpaired) electrons. The van der Waals surface area contributed by atoms with Gasteiger partial charge in [0.1, 0.15) is 10.6 Å². The van der Waals surface area contributed by atoms with Crippen LogP contribution in [0.3, 0.4) is 0 Å². The average molecular weight is 447 g/mol. The van der Waals surface area contributed by atoms with Crippen LogP contribution >= 0.6 is 22.9 Å². The number of hydrogen-bond donors (Lipinski definition) is 0. The number of benzene rings is 2. The molecule has 1 saturated heterocycles. The van der Waals surface area contributed by atoms with Crippen LogP contribution in [-0.2, 0) is 0 Å². The summed E-state index contributed by atoms with van der Waals surface area (Å²) in [6.07, 6.45) is 0. The minimum absolute atomic E-state index is 0.0361. The molecule has 0 N–H and O–H groups in total. The van der Waals surface area contributed by atoms with Crippen LogP contribution in [0.1, 0.15) is 26.8 Å². The molecule has 0 saturated carbocycles. The number of rotatable bonds is 5. The Hall–Kier alpha value is -2.87. The van der Waals surface area contributed by atoms with E-state index in [1.165, 1.54) is 22.7 Å². The molecule has 0 bridgehead atoms. The van der Waals surface area contributed by atoms with E-state index in [9.17, 15) is 4.79 Å². The summed E-state index contributed by atoms with van der Waals surface area (Å²) in [6, 6.07) is 25.4. The Morgan fingerprint density at radius 1 is 0.839 bits per heavy atom. The molecule has 1 aliphatic rings. The lowest BCUT2D eigenvalue weighted by Gasteiger charge is -2.39. The molecule has 7 heteroatoms. The molecular formula is C24H22N4OS2. The van der Waals surface area contributed by atoms with E-state index in [4.69, 9.17) is 0 Å². The minimum atomic E-state index is 0.0361. The SMILES string of the molecule is O=C(c1snnc1-c1cccs1)N1CCN(C(c2ccccc2)c2ccccc2)CC1. The van der Waals surface area contributed by atoms with Gasteiger partial charge in [0.2, 0.25) is 0 Å². The molecular weight excluding hydrogens is 424 g/mol. The topological polar surface area (TPSA) is 49.3 Å². The third kappa shape index (κ3) is 4.17. The van der Waals surface area contributed by atoms with Crippen LogP contribution < -0.4 is 0 Å². The maximum Gasteiger partial charge on any atom is 0.268 e. The quantitative estimate of drug-likeness (QED) is 0.441. The fourth-order valence-electron chi connectivity index (χ4n) is 4.12. The summed E-state index contributed by atoms with van der Waals surface area (Å²) in [5.74, 6) is 0.0361. The van der Waals surface area contributed by atoms with Crippen molar-refractivity contribution in [1.29, 1.82) is 0 Å². The first-order chi connectivity index (χ1) is 15.3. The molecule has 1 aliphatic heterocycles. The van der Waals surface area contributed by atoms with Crippen LogP contribution in [0, 0.1) is 0 Å². The van der Waals surface area contributed by atoms with Crippen molar-refractivity contribution < 1.29 is 4.79 Å². The first-order valence-corrected chi connectivity index (χ1v) is 12.0. The van der Waals surface area contributed by atoms with Crippen LogP contribution in [0.25, 0.3) is 10.6 Å². The number of aromatic nitrogens is 2. The zero-order valence-corrected chi connectivity index (χ0v) is 18.6. The van der Waals surface area contributed by atoms with Gasteiger partial charge in [-0.3, -0.25) is 9.69 Å². The number of hydrogen-bond acceptors (Lipinski definition) is 6. The fourth-order valence-corrected chi connectivity index (χ4v) is 5.55. The number of nitrogens with zero attached hydrogens (tertiary/aromatic N) is 4. The van der Waals surface area contributed by atoms with E-state index < -0.39 is 0 Å². The van der Waals surface area contributed by atoms with Crippen LogP contribution in [0.15, 0.2) is 78.2 Å². The van der Waals surface area contributed by atoms with Crippen molar-refractivity contribution in [2.24, 2.45) is 0 Å². The highest BCUT2D eigenvalue weighted by molar-refractivity contribution is 7.14. The van der Waals surface area contributed by atoms with E-state index in [-0.39, 0.29) is 11.9 Å². The maximum absolute atomic E-state index is 13.2. The lowest BCUT2D eigenvalue weighted by Crippen LogP contribution is -2.49. The molecule has 4 aromatic rings. The molecule has 0 aliphatic carbocycles. The van der Waals surface area contributed by atoms with Crippen molar-refractivity contribution in [2.45, 2.75) is 6.04 Å². The Morgan fingerprint density at radius 3 is 2.06 bits per heavy atom. The number of amides is 1. The second-order valence-electron chi connectivity index (χ2n) is 7.48. The van der Waals surface area contributed by atoms with Crippen molar-refractivity contribution in [2.75, 3.05) is 26.2 Å². The van der Waals surface area contributed by atoms with Gasteiger partial charge in [0.15, 0.2) is 0 Å². The second-order valence-corrected chi connectivity index (χ2v) is 9.18. The first-order valence-electron chi connectivity index (χ1n) is 10.3. The van der Waals surface area contributed by atoms with Gasteiger partial charge >= 0.3 is 0 Å². The molecule has 0 spiro atoms. The standard InChI is InChI=1S/C24H22N4OS2/c29-24(23-21(25-26-31-23)20-12-7-17-30-20)28-15-13-27(14-16-28)22(18-8-3-1-4-9-18)19-10-5-2-6-11-19/h1-12,17,22H,13-16H2. The van der Waals surface area contributed by atoms with Crippen molar-refractivity contribution >= 4 is 28.8 Å². The largest absolute Gasteiger partial charge is 0.335 e. The summed E-state index contributed by atoms with van der Waals surface area (Å²) in [5.41, 5.74) is 3.26. The van der Waals surface area contributed by atoms with E-state index >= 15 is 0 Å². The fraction of sp³-hybridized carbons (Fsp3) is 0.208. The van der Waals surface area contributed by atoms with Gasteiger partial charge in [-0.1, -0.05) is 71.2 Å². The zero-order valence-electron chi connectivity index (χ0n) is 16.9. The molecule has 2 aromatic carbocycles. The van der Waals surface area contributed by atoms with Gasteiger partial charge in [0.25, 0.3) is 5.91 Å². The number of thiophene rings is 1. The summed E-state index contributed by atoms with van der Waals surface area (Å²) in [4.78, 5) is 19.3. The normalized spacial score (nSPS) is 14.8. The van der Waals surface area contributed by atoms with Crippen LogP contribution in [0.4, 0.5) is 0 Å². The number of carbonyl (C=O) groups excluding carboxylic acids is 1. The molecule has 1 amide bonds. The van der Waals surface area contributed by atoms with Crippen LogP contribution in [0.5, 0.6) is 0 Å². The van der Waals surface area contributed by atoms with E-state index in [0.29, 0.717) is 23.7 Å². The molecule has 0 unspecified atom stereocenters. The molecule has 0 atom stereocenters. The van der Waals surface area contributed by atoms with E-state index in [1.54, 1.807) is 11.3 Å². The molecule has 3 heterocycles. The Bertz CT molecular complexity index is 1080. The summed E-state index contributed by atoms with van der Waals surface area (Å²) in [5, 5.41) is 6.21. The summed E-state index contributed by atoms with van der Waals surface area (Å²) in [7, 11) is 0. The van der Waals surface area contributed by atoms with Crippen molar-refractivity contribution in [3.63, 3.8) is 0 Å². The van der Waals surface area contributed by atoms with Gasteiger partial charge in [-0.2, -0.15) is 0 Å². The first kappa shape index (κ1) is 20.1. The van der Waals surface area contributed by atoms with Crippen LogP contribution in [-0.4, -0.2) is 51.5 Å². The van der Waals surface area contributed by atoms with Gasteiger partial charge < -0.3 is 4.90 Å². The van der Waals surface area contributed by atoms with Crippen molar-refractivity contribution in [1.82, 2.24) is 19.4 Å². The maximum atomic E-state index is 13.2. The highest BCUT2D eigenvalue weighted by Gasteiger charge is 2.30. The molecule has 5 nitrogen and oxygen atoms in total. The predicted molar refractivity (Wildman–Crippen MR) is 125 cm³/mol. The van der Waals surface area contributed by atoms with Crippen molar-refractivity contribution in [3.8, 4) is 10.6 Å². The highest BCUT2D eigenvalue weighted by Crippen LogP contribution is 2.31. The molecule has 156 valence electrons. The Balaban J connectivity index is 1.34. The second kappa shape index (κ2) is 9.09. The smallest absolute Gasteiger partial charge is 0.268 e. The molecule has 1 fully saturated rings. The van der Waals surface area contributed by atoms with Gasteiger partial charge in [-0.05, 0) is 34.1 Å². The third-order valence-electron chi connectivity index (χ3n) is 5.63. The summed E-state index contributed by atoms with van der Waals surface area (Å²) in [6.45, 7) is 3.02. The Labute approximate surface area is 189 Å². The van der Waals surface area contributed by atoms with E-state index in [2.05, 4.69) is 75.2 Å². The minimum Gasteiger partial charge on any atom is -0.335 e. The monoisotopic (exact) mass is 446 g/mol. The molecule has 2 aromatic heterocycles. The predicted octanol–water partition coefficient (Wildman–Crippen LogP) is 4.81. The Morgan fingerprint density at radius 2 is 1.48 bits per heavy atom. The van der Waals surface area contributed by atoms with Gasteiger partial charge in [-0.25, -0.2) is 0 Å². The van der Waals surface area contributed by atoms with Crippen LogP contribution in [0.2, 0.25) is 0 Å². The number of carbonyl (C=O) groups is 1. The van der Waals surface area contributed by atoms with Gasteiger partial charge in [0.05, 0.1) is 10.9 Å². The zero-order chi connectivity index (χ0) is 21.0. The van der Waals surface area contributed by atoms with Gasteiger partial charge in [-0.15, -0.1) is 16.4 Å². The highest BCUT2D eigenvalue weighted by atomic mass is 32.1. The van der Waals surface area contributed by atoms with E-state index in [0.717, 1.165) is 18.0 Å². The average Bonchev–Trinajstić information content (AvgIpc) is 3.53. The Kier molecular flexibility index (Phi) is 5.88. The lowest BCUT2D eigenvalue weighted by molar-refractivity contribution is 0.0602. The summed E-state index contributed by atoms with van der Waals surface area (Å²) < 4.78 is 4.06.